The molecule has 6 nitrogen and oxygen atoms in total. The van der Waals surface area contributed by atoms with Crippen molar-refractivity contribution in [3.63, 3.8) is 0 Å². The molecule has 0 aliphatic heterocycles. The van der Waals surface area contributed by atoms with Crippen molar-refractivity contribution in [3.8, 4) is 11.7 Å². The third kappa shape index (κ3) is 3.14. The summed E-state index contributed by atoms with van der Waals surface area (Å²) < 4.78 is 10.6. The average Bonchev–Trinajstić information content (AvgIpc) is 3.16. The van der Waals surface area contributed by atoms with Crippen LogP contribution in [0.4, 0.5) is 0 Å². The Bertz CT molecular complexity index is 735. The summed E-state index contributed by atoms with van der Waals surface area (Å²) in [6, 6.07) is 9.94. The van der Waals surface area contributed by atoms with Gasteiger partial charge in [-0.25, -0.2) is 0 Å². The number of carbonyl (C=O) groups is 1. The molecule has 0 aliphatic rings. The Morgan fingerprint density at radius 2 is 2.00 bits per heavy atom. The second-order valence-electron chi connectivity index (χ2n) is 4.12. The molecule has 2 heterocycles. The number of carbonyl (C=O) groups excluding carboxylic acids is 1. The van der Waals surface area contributed by atoms with E-state index in [0.29, 0.717) is 22.6 Å². The highest BCUT2D eigenvalue weighted by molar-refractivity contribution is 7.98. The van der Waals surface area contributed by atoms with E-state index in [0.717, 1.165) is 5.56 Å². The summed E-state index contributed by atoms with van der Waals surface area (Å²) in [7, 11) is 0. The van der Waals surface area contributed by atoms with E-state index in [9.17, 15) is 9.90 Å². The van der Waals surface area contributed by atoms with Crippen LogP contribution in [0.1, 0.15) is 15.9 Å². The van der Waals surface area contributed by atoms with Gasteiger partial charge in [-0.1, -0.05) is 36.0 Å². The zero-order valence-electron chi connectivity index (χ0n) is 10.7. The molecule has 0 N–H and O–H groups in total. The van der Waals surface area contributed by atoms with E-state index in [-0.39, 0.29) is 5.56 Å². The predicted octanol–water partition coefficient (Wildman–Crippen LogP) is 1.99. The van der Waals surface area contributed by atoms with Crippen LogP contribution in [0.2, 0.25) is 0 Å². The lowest BCUT2D eigenvalue weighted by Crippen LogP contribution is -2.21. The van der Waals surface area contributed by atoms with E-state index in [1.54, 1.807) is 24.3 Å². The number of aromatic carboxylic acids is 1. The first kappa shape index (κ1) is 13.4. The Hall–Kier alpha value is -2.54. The van der Waals surface area contributed by atoms with Crippen LogP contribution >= 0.6 is 11.8 Å². The Morgan fingerprint density at radius 3 is 2.67 bits per heavy atom. The van der Waals surface area contributed by atoms with Gasteiger partial charge in [0.05, 0.1) is 12.2 Å². The maximum Gasteiger partial charge on any atom is 0.284 e. The van der Waals surface area contributed by atoms with Gasteiger partial charge in [0, 0.05) is 5.75 Å². The van der Waals surface area contributed by atoms with Crippen LogP contribution in [0.3, 0.4) is 0 Å². The van der Waals surface area contributed by atoms with Crippen LogP contribution in [-0.4, -0.2) is 16.2 Å². The van der Waals surface area contributed by atoms with Crippen LogP contribution in [0.5, 0.6) is 0 Å². The Kier molecular flexibility index (Phi) is 3.74. The first-order valence-electron chi connectivity index (χ1n) is 6.03. The lowest BCUT2D eigenvalue weighted by molar-refractivity contribution is -0.255. The molecular weight excluding hydrogens is 292 g/mol. The van der Waals surface area contributed by atoms with Crippen molar-refractivity contribution in [2.24, 2.45) is 0 Å². The number of carboxylic acids is 1. The third-order valence-corrected chi connectivity index (χ3v) is 3.58. The van der Waals surface area contributed by atoms with Gasteiger partial charge in [-0.15, -0.1) is 10.2 Å². The molecule has 0 amide bonds. The van der Waals surface area contributed by atoms with Gasteiger partial charge in [0.2, 0.25) is 0 Å². The van der Waals surface area contributed by atoms with Gasteiger partial charge < -0.3 is 18.7 Å². The number of hydrogen-bond donors (Lipinski definition) is 0. The number of aromatic nitrogens is 2. The molecule has 0 bridgehead atoms. The number of furan rings is 1. The van der Waals surface area contributed by atoms with Gasteiger partial charge in [0.25, 0.3) is 11.1 Å². The molecular formula is C14H9N2O4S-. The molecule has 0 fully saturated rings. The number of benzene rings is 1. The SMILES string of the molecule is O=C([O-])c1ccc(CSc2nnc(-c3ccco3)o2)cc1. The summed E-state index contributed by atoms with van der Waals surface area (Å²) >= 11 is 1.36. The molecule has 0 atom stereocenters. The minimum atomic E-state index is -1.19. The largest absolute Gasteiger partial charge is 0.545 e. The summed E-state index contributed by atoms with van der Waals surface area (Å²) in [5.41, 5.74) is 1.10. The van der Waals surface area contributed by atoms with Crippen molar-refractivity contribution in [2.75, 3.05) is 0 Å². The van der Waals surface area contributed by atoms with Gasteiger partial charge in [-0.05, 0) is 23.3 Å². The molecule has 7 heteroatoms. The minimum Gasteiger partial charge on any atom is -0.545 e. The second kappa shape index (κ2) is 5.84. The number of nitrogens with zero attached hydrogens (tertiary/aromatic N) is 2. The highest BCUT2D eigenvalue weighted by atomic mass is 32.2. The fraction of sp³-hybridized carbons (Fsp3) is 0.0714. The summed E-state index contributed by atoms with van der Waals surface area (Å²) in [6.07, 6.45) is 1.53. The van der Waals surface area contributed by atoms with E-state index in [4.69, 9.17) is 8.83 Å². The van der Waals surface area contributed by atoms with Crippen LogP contribution in [0.25, 0.3) is 11.7 Å². The molecule has 0 radical (unpaired) electrons. The molecule has 0 saturated heterocycles. The van der Waals surface area contributed by atoms with Gasteiger partial charge in [-0.2, -0.15) is 0 Å². The van der Waals surface area contributed by atoms with Gasteiger partial charge in [0.1, 0.15) is 0 Å². The fourth-order valence-electron chi connectivity index (χ4n) is 1.65. The van der Waals surface area contributed by atoms with Crippen LogP contribution < -0.4 is 5.11 Å². The smallest absolute Gasteiger partial charge is 0.284 e. The molecule has 0 spiro atoms. The quantitative estimate of drug-likeness (QED) is 0.665. The number of hydrogen-bond acceptors (Lipinski definition) is 7. The maximum atomic E-state index is 10.6. The number of carboxylic acid groups (broad SMARTS) is 1. The van der Waals surface area contributed by atoms with Gasteiger partial charge in [0.15, 0.2) is 5.76 Å². The van der Waals surface area contributed by atoms with E-state index in [1.807, 2.05) is 0 Å². The predicted molar refractivity (Wildman–Crippen MR) is 72.3 cm³/mol. The Morgan fingerprint density at radius 1 is 1.19 bits per heavy atom. The minimum absolute atomic E-state index is 0.154. The van der Waals surface area contributed by atoms with Crippen molar-refractivity contribution < 1.29 is 18.7 Å². The second-order valence-corrected chi connectivity index (χ2v) is 5.05. The molecule has 1 aromatic carbocycles. The Balaban J connectivity index is 1.64. The van der Waals surface area contributed by atoms with Crippen LogP contribution in [0.15, 0.2) is 56.7 Å². The first-order valence-corrected chi connectivity index (χ1v) is 7.01. The standard InChI is InChI=1S/C14H10N2O4S/c17-13(18)10-5-3-9(4-6-10)8-21-14-16-15-12(20-14)11-2-1-7-19-11/h1-7H,8H2,(H,17,18)/p-1. The first-order chi connectivity index (χ1) is 10.2. The van der Waals surface area contributed by atoms with Crippen molar-refractivity contribution >= 4 is 17.7 Å². The summed E-state index contributed by atoms with van der Waals surface area (Å²) in [4.78, 5) is 10.6. The summed E-state index contributed by atoms with van der Waals surface area (Å²) in [5, 5.41) is 18.9. The number of rotatable bonds is 5. The van der Waals surface area contributed by atoms with Crippen molar-refractivity contribution in [1.82, 2.24) is 10.2 Å². The van der Waals surface area contributed by atoms with E-state index >= 15 is 0 Å². The molecule has 106 valence electrons. The highest BCUT2D eigenvalue weighted by Gasteiger charge is 2.11. The van der Waals surface area contributed by atoms with Crippen molar-refractivity contribution in [3.05, 3.63) is 53.8 Å². The van der Waals surface area contributed by atoms with E-state index in [1.165, 1.54) is 30.2 Å². The number of thioether (sulfide) groups is 1. The van der Waals surface area contributed by atoms with Gasteiger partial charge in [-0.3, -0.25) is 0 Å². The molecule has 0 aliphatic carbocycles. The molecule has 3 rings (SSSR count). The lowest BCUT2D eigenvalue weighted by Gasteiger charge is -2.03. The summed E-state index contributed by atoms with van der Waals surface area (Å²) in [6.45, 7) is 0. The maximum absolute atomic E-state index is 10.6. The Labute approximate surface area is 123 Å². The lowest BCUT2D eigenvalue weighted by atomic mass is 10.1. The topological polar surface area (TPSA) is 92.2 Å². The fourth-order valence-corrected chi connectivity index (χ4v) is 2.37. The zero-order valence-corrected chi connectivity index (χ0v) is 11.5. The molecule has 21 heavy (non-hydrogen) atoms. The highest BCUT2D eigenvalue weighted by Crippen LogP contribution is 2.25. The van der Waals surface area contributed by atoms with E-state index in [2.05, 4.69) is 10.2 Å². The monoisotopic (exact) mass is 301 g/mol. The molecule has 0 unspecified atom stereocenters. The molecule has 2 aromatic heterocycles. The zero-order chi connectivity index (χ0) is 14.7. The molecule has 0 saturated carbocycles. The van der Waals surface area contributed by atoms with Crippen molar-refractivity contribution in [1.29, 1.82) is 0 Å². The van der Waals surface area contributed by atoms with Crippen LogP contribution in [0, 0.1) is 0 Å². The van der Waals surface area contributed by atoms with E-state index < -0.39 is 5.97 Å². The average molecular weight is 301 g/mol. The van der Waals surface area contributed by atoms with Crippen LogP contribution in [-0.2, 0) is 5.75 Å². The van der Waals surface area contributed by atoms with Gasteiger partial charge >= 0.3 is 0 Å². The third-order valence-electron chi connectivity index (χ3n) is 2.69. The summed E-state index contributed by atoms with van der Waals surface area (Å²) in [5.74, 6) is 0.254. The van der Waals surface area contributed by atoms with Crippen molar-refractivity contribution in [2.45, 2.75) is 11.0 Å². The normalized spacial score (nSPS) is 10.7. The molecule has 3 aromatic rings.